The fraction of sp³-hybridized carbons (Fsp3) is 0.625. The quantitative estimate of drug-likeness (QED) is 0.534. The van der Waals surface area contributed by atoms with Crippen molar-refractivity contribution < 1.29 is 13.9 Å². The molecule has 0 fully saturated rings. The maximum atomic E-state index is 13.1. The molecule has 0 heterocycles. The van der Waals surface area contributed by atoms with E-state index in [2.05, 4.69) is 19.2 Å². The standard InChI is InChI=1S/C16H25F2NOS/c1-12(2)19-16(3,11-20)8-4-5-9-21-13-6-7-14(17)15(18)10-13/h6-7,10,12,19-20H,4-5,8-9,11H2,1-3H3. The molecule has 2 nitrogen and oxygen atoms in total. The van der Waals surface area contributed by atoms with E-state index < -0.39 is 11.6 Å². The van der Waals surface area contributed by atoms with Gasteiger partial charge in [0.05, 0.1) is 6.61 Å². The van der Waals surface area contributed by atoms with Gasteiger partial charge in [0.15, 0.2) is 11.6 Å². The monoisotopic (exact) mass is 317 g/mol. The Bertz CT molecular complexity index is 442. The molecule has 0 amide bonds. The van der Waals surface area contributed by atoms with E-state index in [-0.39, 0.29) is 12.1 Å². The minimum atomic E-state index is -0.808. The Balaban J connectivity index is 2.29. The number of aliphatic hydroxyl groups excluding tert-OH is 1. The second-order valence-electron chi connectivity index (χ2n) is 5.90. The van der Waals surface area contributed by atoms with Crippen molar-refractivity contribution in [2.24, 2.45) is 0 Å². The highest BCUT2D eigenvalue weighted by Crippen LogP contribution is 2.23. The van der Waals surface area contributed by atoms with Crippen LogP contribution in [0, 0.1) is 11.6 Å². The number of benzene rings is 1. The fourth-order valence-corrected chi connectivity index (χ4v) is 3.20. The highest BCUT2D eigenvalue weighted by Gasteiger charge is 2.22. The molecule has 0 aliphatic rings. The van der Waals surface area contributed by atoms with E-state index in [0.29, 0.717) is 6.04 Å². The van der Waals surface area contributed by atoms with E-state index in [1.54, 1.807) is 6.07 Å². The van der Waals surface area contributed by atoms with Crippen molar-refractivity contribution in [2.45, 2.75) is 56.5 Å². The Morgan fingerprint density at radius 1 is 1.24 bits per heavy atom. The Morgan fingerprint density at radius 3 is 2.52 bits per heavy atom. The average Bonchev–Trinajstić information content (AvgIpc) is 2.41. The van der Waals surface area contributed by atoms with Crippen molar-refractivity contribution in [3.8, 4) is 0 Å². The second-order valence-corrected chi connectivity index (χ2v) is 7.07. The van der Waals surface area contributed by atoms with E-state index in [1.165, 1.54) is 17.8 Å². The van der Waals surface area contributed by atoms with Crippen molar-refractivity contribution in [2.75, 3.05) is 12.4 Å². The second kappa shape index (κ2) is 8.71. The molecule has 1 unspecified atom stereocenters. The molecule has 5 heteroatoms. The van der Waals surface area contributed by atoms with Gasteiger partial charge in [-0.25, -0.2) is 8.78 Å². The molecule has 1 aromatic rings. The summed E-state index contributed by atoms with van der Waals surface area (Å²) in [7, 11) is 0. The van der Waals surface area contributed by atoms with Gasteiger partial charge in [0.2, 0.25) is 0 Å². The predicted octanol–water partition coefficient (Wildman–Crippen LogP) is 3.98. The molecular formula is C16H25F2NOS. The van der Waals surface area contributed by atoms with E-state index in [0.717, 1.165) is 36.0 Å². The first kappa shape index (κ1) is 18.4. The van der Waals surface area contributed by atoms with Crippen LogP contribution in [-0.2, 0) is 0 Å². The largest absolute Gasteiger partial charge is 0.394 e. The van der Waals surface area contributed by atoms with Gasteiger partial charge in [-0.1, -0.05) is 20.3 Å². The lowest BCUT2D eigenvalue weighted by atomic mass is 9.95. The number of rotatable bonds is 9. The van der Waals surface area contributed by atoms with Crippen LogP contribution in [0.4, 0.5) is 8.78 Å². The third-order valence-electron chi connectivity index (χ3n) is 3.27. The number of aliphatic hydroxyl groups is 1. The molecular weight excluding hydrogens is 292 g/mol. The van der Waals surface area contributed by atoms with Gasteiger partial charge in [0, 0.05) is 16.5 Å². The first-order chi connectivity index (χ1) is 9.86. The summed E-state index contributed by atoms with van der Waals surface area (Å²) in [5.41, 5.74) is -0.249. The number of halogens is 2. The Kier molecular flexibility index (Phi) is 7.63. The highest BCUT2D eigenvalue weighted by atomic mass is 32.2. The Hall–Kier alpha value is -0.650. The maximum Gasteiger partial charge on any atom is 0.159 e. The number of hydrogen-bond acceptors (Lipinski definition) is 3. The maximum absolute atomic E-state index is 13.1. The lowest BCUT2D eigenvalue weighted by molar-refractivity contribution is 0.154. The summed E-state index contributed by atoms with van der Waals surface area (Å²) in [5, 5.41) is 12.9. The van der Waals surface area contributed by atoms with Crippen LogP contribution < -0.4 is 5.32 Å². The molecule has 1 rings (SSSR count). The van der Waals surface area contributed by atoms with Crippen LogP contribution in [0.5, 0.6) is 0 Å². The Labute approximate surface area is 130 Å². The van der Waals surface area contributed by atoms with Gasteiger partial charge < -0.3 is 10.4 Å². The number of unbranched alkanes of at least 4 members (excludes halogenated alkanes) is 1. The first-order valence-corrected chi connectivity index (χ1v) is 8.31. The van der Waals surface area contributed by atoms with E-state index in [1.807, 2.05) is 6.92 Å². The molecule has 0 aliphatic heterocycles. The number of hydrogen-bond donors (Lipinski definition) is 2. The summed E-state index contributed by atoms with van der Waals surface area (Å²) in [6, 6.07) is 4.32. The van der Waals surface area contributed by atoms with Crippen molar-refractivity contribution in [1.82, 2.24) is 5.32 Å². The molecule has 0 saturated heterocycles. The third kappa shape index (κ3) is 6.76. The summed E-state index contributed by atoms with van der Waals surface area (Å²) in [4.78, 5) is 0.749. The zero-order valence-corrected chi connectivity index (χ0v) is 13.8. The summed E-state index contributed by atoms with van der Waals surface area (Å²) in [6.45, 7) is 6.26. The Morgan fingerprint density at radius 2 is 1.95 bits per heavy atom. The third-order valence-corrected chi connectivity index (χ3v) is 4.35. The smallest absolute Gasteiger partial charge is 0.159 e. The van der Waals surface area contributed by atoms with Crippen LogP contribution >= 0.6 is 11.8 Å². The predicted molar refractivity (Wildman–Crippen MR) is 84.7 cm³/mol. The van der Waals surface area contributed by atoms with Crippen LogP contribution in [0.25, 0.3) is 0 Å². The minimum absolute atomic E-state index is 0.113. The molecule has 0 radical (unpaired) electrons. The highest BCUT2D eigenvalue weighted by molar-refractivity contribution is 7.99. The van der Waals surface area contributed by atoms with Crippen LogP contribution in [0.2, 0.25) is 0 Å². The molecule has 2 N–H and O–H groups in total. The van der Waals surface area contributed by atoms with Gasteiger partial charge in [-0.2, -0.15) is 0 Å². The summed E-state index contributed by atoms with van der Waals surface area (Å²) >= 11 is 1.53. The molecule has 0 aromatic heterocycles. The first-order valence-electron chi connectivity index (χ1n) is 7.33. The summed E-state index contributed by atoms with van der Waals surface area (Å²) in [6.07, 6.45) is 2.84. The molecule has 0 spiro atoms. The molecule has 21 heavy (non-hydrogen) atoms. The zero-order chi connectivity index (χ0) is 15.9. The van der Waals surface area contributed by atoms with Gasteiger partial charge in [0.1, 0.15) is 0 Å². The number of nitrogens with one attached hydrogen (secondary N) is 1. The SMILES string of the molecule is CC(C)NC(C)(CO)CCCCSc1ccc(F)c(F)c1. The molecule has 0 bridgehead atoms. The van der Waals surface area contributed by atoms with Gasteiger partial charge in [0.25, 0.3) is 0 Å². The van der Waals surface area contributed by atoms with Crippen molar-refractivity contribution >= 4 is 11.8 Å². The zero-order valence-electron chi connectivity index (χ0n) is 13.0. The lowest BCUT2D eigenvalue weighted by Crippen LogP contribution is -2.49. The van der Waals surface area contributed by atoms with Crippen LogP contribution in [0.1, 0.15) is 40.0 Å². The minimum Gasteiger partial charge on any atom is -0.394 e. The van der Waals surface area contributed by atoms with Crippen molar-refractivity contribution in [3.63, 3.8) is 0 Å². The molecule has 1 atom stereocenters. The van der Waals surface area contributed by atoms with Crippen LogP contribution in [0.3, 0.4) is 0 Å². The molecule has 1 aromatic carbocycles. The molecule has 0 saturated carbocycles. The van der Waals surface area contributed by atoms with Gasteiger partial charge in [-0.05, 0) is 43.7 Å². The van der Waals surface area contributed by atoms with Crippen LogP contribution in [0.15, 0.2) is 23.1 Å². The van der Waals surface area contributed by atoms with E-state index in [9.17, 15) is 13.9 Å². The van der Waals surface area contributed by atoms with Gasteiger partial charge in [-0.15, -0.1) is 11.8 Å². The van der Waals surface area contributed by atoms with Crippen LogP contribution in [-0.4, -0.2) is 29.0 Å². The van der Waals surface area contributed by atoms with Crippen molar-refractivity contribution in [1.29, 1.82) is 0 Å². The van der Waals surface area contributed by atoms with Gasteiger partial charge in [-0.3, -0.25) is 0 Å². The summed E-state index contributed by atoms with van der Waals surface area (Å²) in [5.74, 6) is -0.749. The average molecular weight is 317 g/mol. The van der Waals surface area contributed by atoms with Gasteiger partial charge >= 0.3 is 0 Å². The molecule has 0 aliphatic carbocycles. The summed E-state index contributed by atoms with van der Waals surface area (Å²) < 4.78 is 25.9. The molecule has 120 valence electrons. The van der Waals surface area contributed by atoms with Crippen molar-refractivity contribution in [3.05, 3.63) is 29.8 Å². The fourth-order valence-electron chi connectivity index (χ4n) is 2.27. The lowest BCUT2D eigenvalue weighted by Gasteiger charge is -2.31. The van der Waals surface area contributed by atoms with E-state index >= 15 is 0 Å². The normalized spacial score (nSPS) is 14.4. The van der Waals surface area contributed by atoms with E-state index in [4.69, 9.17) is 0 Å². The topological polar surface area (TPSA) is 32.3 Å². The number of thioether (sulfide) groups is 1.